The number of carbonyl (C=O) groups excluding carboxylic acids is 4. The molecule has 1 spiro atoms. The van der Waals surface area contributed by atoms with E-state index in [-0.39, 0.29) is 17.9 Å². The van der Waals surface area contributed by atoms with Crippen molar-refractivity contribution in [3.63, 3.8) is 0 Å². The number of likely N-dealkylation sites (N-methyl/N-ethyl adjacent to an activating group) is 1. The molecule has 11 heteroatoms. The van der Waals surface area contributed by atoms with Gasteiger partial charge >= 0.3 is 12.2 Å². The molecule has 2 N–H and O–H groups in total. The molecule has 10 nitrogen and oxygen atoms in total. The SMILES string of the molecule is CCN1C(=O)OC2(CCC[NH+](C3CCN(C(=O)c4c(NC(=O)OC(C)(C)C)sc5ccccc45)CC3)C2)C1=O. The molecule has 4 heterocycles. The van der Waals surface area contributed by atoms with Crippen LogP contribution in [0.4, 0.5) is 14.6 Å². The van der Waals surface area contributed by atoms with Gasteiger partial charge in [-0.25, -0.2) is 14.5 Å². The minimum absolute atomic E-state index is 0.111. The van der Waals surface area contributed by atoms with E-state index in [1.165, 1.54) is 21.1 Å². The Morgan fingerprint density at radius 3 is 2.59 bits per heavy atom. The summed E-state index contributed by atoms with van der Waals surface area (Å²) in [5, 5.41) is 4.11. The highest BCUT2D eigenvalue weighted by Crippen LogP contribution is 2.37. The van der Waals surface area contributed by atoms with Gasteiger partial charge in [-0.1, -0.05) is 18.2 Å². The number of nitrogens with zero attached hydrogens (tertiary/aromatic N) is 2. The summed E-state index contributed by atoms with van der Waals surface area (Å²) in [5.41, 5.74) is -1.21. The number of piperidine rings is 2. The van der Waals surface area contributed by atoms with Crippen molar-refractivity contribution in [2.75, 3.05) is 38.0 Å². The summed E-state index contributed by atoms with van der Waals surface area (Å²) < 4.78 is 12.0. The van der Waals surface area contributed by atoms with Crippen LogP contribution < -0.4 is 10.2 Å². The van der Waals surface area contributed by atoms with Crippen molar-refractivity contribution in [2.24, 2.45) is 0 Å². The molecule has 3 fully saturated rings. The fraction of sp³-hybridized carbons (Fsp3) is 0.571. The molecule has 3 aliphatic rings. The molecule has 2 atom stereocenters. The van der Waals surface area contributed by atoms with Crippen molar-refractivity contribution in [1.82, 2.24) is 9.80 Å². The Labute approximate surface area is 232 Å². The van der Waals surface area contributed by atoms with Gasteiger partial charge in [0.05, 0.1) is 18.2 Å². The van der Waals surface area contributed by atoms with Crippen LogP contribution >= 0.6 is 11.3 Å². The summed E-state index contributed by atoms with van der Waals surface area (Å²) in [6.45, 7) is 10.0. The number of carbonyl (C=O) groups is 4. The number of amides is 4. The molecule has 1 aromatic carbocycles. The van der Waals surface area contributed by atoms with Crippen molar-refractivity contribution in [1.29, 1.82) is 0 Å². The number of hydrogen-bond donors (Lipinski definition) is 2. The average Bonchev–Trinajstić information content (AvgIpc) is 3.35. The predicted octanol–water partition coefficient (Wildman–Crippen LogP) is 3.27. The molecular weight excluding hydrogens is 520 g/mol. The molecule has 0 bridgehead atoms. The van der Waals surface area contributed by atoms with E-state index in [4.69, 9.17) is 9.47 Å². The number of benzene rings is 1. The Kier molecular flexibility index (Phi) is 7.32. The minimum atomic E-state index is -1.05. The van der Waals surface area contributed by atoms with Crippen molar-refractivity contribution < 1.29 is 33.6 Å². The number of imide groups is 1. The van der Waals surface area contributed by atoms with Gasteiger partial charge in [-0.3, -0.25) is 14.9 Å². The first kappa shape index (κ1) is 27.4. The Morgan fingerprint density at radius 2 is 1.92 bits per heavy atom. The van der Waals surface area contributed by atoms with Crippen molar-refractivity contribution in [3.8, 4) is 0 Å². The Morgan fingerprint density at radius 1 is 1.21 bits per heavy atom. The van der Waals surface area contributed by atoms with Crippen molar-refractivity contribution >= 4 is 50.4 Å². The topological polar surface area (TPSA) is 110 Å². The van der Waals surface area contributed by atoms with E-state index in [0.717, 1.165) is 35.9 Å². The van der Waals surface area contributed by atoms with Gasteiger partial charge in [-0.2, -0.15) is 0 Å². The second-order valence-corrected chi connectivity index (χ2v) is 12.6. The zero-order valence-electron chi connectivity index (χ0n) is 23.0. The van der Waals surface area contributed by atoms with Crippen LogP contribution in [0.1, 0.15) is 63.7 Å². The van der Waals surface area contributed by atoms with Gasteiger partial charge in [0.15, 0.2) is 0 Å². The fourth-order valence-corrected chi connectivity index (χ4v) is 7.10. The van der Waals surface area contributed by atoms with Gasteiger partial charge in [0, 0.05) is 55.4 Å². The first-order valence-electron chi connectivity index (χ1n) is 13.7. The Hall–Kier alpha value is -3.18. The number of ether oxygens (including phenoxy) is 2. The number of rotatable bonds is 4. The van der Waals surface area contributed by atoms with E-state index in [2.05, 4.69) is 5.32 Å². The zero-order valence-corrected chi connectivity index (χ0v) is 23.8. The lowest BCUT2D eigenvalue weighted by molar-refractivity contribution is -0.936. The molecule has 2 unspecified atom stereocenters. The molecule has 39 heavy (non-hydrogen) atoms. The smallest absolute Gasteiger partial charge is 0.417 e. The monoisotopic (exact) mass is 557 g/mol. The van der Waals surface area contributed by atoms with E-state index in [1.54, 1.807) is 27.7 Å². The molecule has 3 saturated heterocycles. The highest BCUT2D eigenvalue weighted by Gasteiger charge is 2.58. The number of hydrogen-bond acceptors (Lipinski definition) is 7. The summed E-state index contributed by atoms with van der Waals surface area (Å²) in [6, 6.07) is 7.92. The van der Waals surface area contributed by atoms with Crippen LogP contribution in [0.25, 0.3) is 10.1 Å². The number of fused-ring (bicyclic) bond motifs is 1. The van der Waals surface area contributed by atoms with E-state index >= 15 is 0 Å². The second-order valence-electron chi connectivity index (χ2n) is 11.6. The molecule has 2 aromatic rings. The number of quaternary nitrogens is 1. The number of likely N-dealkylation sites (tertiary alicyclic amines) is 2. The maximum atomic E-state index is 13.8. The largest absolute Gasteiger partial charge is 0.444 e. The normalized spacial score (nSPS) is 24.4. The summed E-state index contributed by atoms with van der Waals surface area (Å²) in [7, 11) is 0. The zero-order chi connectivity index (χ0) is 27.9. The van der Waals surface area contributed by atoms with Crippen molar-refractivity contribution in [2.45, 2.75) is 70.6 Å². The standard InChI is InChI=1S/C28H36N4O6S/c1-5-32-24(34)28(38-26(32)36)13-8-14-31(17-28)18-11-15-30(16-12-18)23(33)21-19-9-6-7-10-20(19)39-22(21)29-25(35)37-27(2,3)4/h6-7,9-10,18H,5,8,11-17H2,1-4H3,(H,29,35)/p+1. The minimum Gasteiger partial charge on any atom is -0.444 e. The van der Waals surface area contributed by atoms with Crippen LogP contribution in [0.3, 0.4) is 0 Å². The third-order valence-electron chi connectivity index (χ3n) is 7.83. The Balaban J connectivity index is 1.28. The Bertz CT molecular complexity index is 1290. The first-order chi connectivity index (χ1) is 18.5. The average molecular weight is 558 g/mol. The van der Waals surface area contributed by atoms with E-state index in [9.17, 15) is 19.2 Å². The molecule has 4 amide bonds. The molecule has 3 aliphatic heterocycles. The quantitative estimate of drug-likeness (QED) is 0.597. The van der Waals surface area contributed by atoms with Gasteiger partial charge in [-0.15, -0.1) is 11.3 Å². The van der Waals surface area contributed by atoms with E-state index in [1.807, 2.05) is 29.2 Å². The molecule has 0 radical (unpaired) electrons. The number of nitrogens with one attached hydrogen (secondary N) is 2. The highest BCUT2D eigenvalue weighted by atomic mass is 32.1. The molecule has 5 rings (SSSR count). The van der Waals surface area contributed by atoms with Gasteiger partial charge in [-0.05, 0) is 33.8 Å². The third-order valence-corrected chi connectivity index (χ3v) is 8.91. The maximum absolute atomic E-state index is 13.8. The second kappa shape index (κ2) is 10.4. The van der Waals surface area contributed by atoms with Crippen LogP contribution in [-0.2, 0) is 14.3 Å². The van der Waals surface area contributed by atoms with Crippen LogP contribution in [0.5, 0.6) is 0 Å². The van der Waals surface area contributed by atoms with Gasteiger partial charge in [0.25, 0.3) is 11.8 Å². The van der Waals surface area contributed by atoms with Crippen LogP contribution in [0.15, 0.2) is 24.3 Å². The lowest BCUT2D eigenvalue weighted by Gasteiger charge is -2.41. The van der Waals surface area contributed by atoms with E-state index < -0.39 is 23.4 Å². The fourth-order valence-electron chi connectivity index (χ4n) is 6.02. The van der Waals surface area contributed by atoms with Crippen LogP contribution in [-0.4, -0.2) is 83.8 Å². The lowest BCUT2D eigenvalue weighted by Crippen LogP contribution is -3.19. The van der Waals surface area contributed by atoms with Crippen molar-refractivity contribution in [3.05, 3.63) is 29.8 Å². The van der Waals surface area contributed by atoms with Crippen LogP contribution in [0, 0.1) is 0 Å². The molecule has 0 saturated carbocycles. The number of thiophene rings is 1. The van der Waals surface area contributed by atoms with Gasteiger partial charge in [0.1, 0.15) is 17.1 Å². The van der Waals surface area contributed by atoms with Gasteiger partial charge in [0.2, 0.25) is 5.60 Å². The van der Waals surface area contributed by atoms with Crippen LogP contribution in [0.2, 0.25) is 0 Å². The summed E-state index contributed by atoms with van der Waals surface area (Å²) in [6.07, 6.45) is 1.82. The first-order valence-corrected chi connectivity index (χ1v) is 14.5. The third kappa shape index (κ3) is 5.34. The highest BCUT2D eigenvalue weighted by molar-refractivity contribution is 7.23. The summed E-state index contributed by atoms with van der Waals surface area (Å²) >= 11 is 1.37. The maximum Gasteiger partial charge on any atom is 0.417 e. The molecule has 1 aromatic heterocycles. The lowest BCUT2D eigenvalue weighted by atomic mass is 9.89. The molecule has 210 valence electrons. The summed E-state index contributed by atoms with van der Waals surface area (Å²) in [4.78, 5) is 55.9. The summed E-state index contributed by atoms with van der Waals surface area (Å²) in [5.74, 6) is -0.324. The molecule has 0 aliphatic carbocycles. The predicted molar refractivity (Wildman–Crippen MR) is 147 cm³/mol. The van der Waals surface area contributed by atoms with Gasteiger partial charge < -0.3 is 19.3 Å². The van der Waals surface area contributed by atoms with E-state index in [0.29, 0.717) is 43.2 Å². The number of anilines is 1. The molecular formula is C28H37N4O6S+.